The van der Waals surface area contributed by atoms with Crippen LogP contribution < -0.4 is 0 Å². The number of hydrogen-bond acceptors (Lipinski definition) is 3. The molecule has 0 N–H and O–H groups in total. The van der Waals surface area contributed by atoms with Gasteiger partial charge in [-0.25, -0.2) is 4.79 Å². The molecule has 0 heterocycles. The molecular formula is C19H19NO2. The summed E-state index contributed by atoms with van der Waals surface area (Å²) >= 11 is 0. The van der Waals surface area contributed by atoms with Crippen LogP contribution in [-0.4, -0.2) is 12.6 Å². The van der Waals surface area contributed by atoms with Gasteiger partial charge in [-0.15, -0.1) is 0 Å². The molecule has 2 rings (SSSR count). The van der Waals surface area contributed by atoms with Crippen molar-refractivity contribution in [3.8, 4) is 6.07 Å². The van der Waals surface area contributed by atoms with Gasteiger partial charge in [-0.1, -0.05) is 60.2 Å². The number of esters is 1. The molecule has 0 bridgehead atoms. The average molecular weight is 293 g/mol. The molecule has 112 valence electrons. The molecule has 0 saturated carbocycles. The van der Waals surface area contributed by atoms with Crippen LogP contribution >= 0.6 is 0 Å². The molecule has 0 aliphatic heterocycles. The molecule has 0 aliphatic carbocycles. The lowest BCUT2D eigenvalue weighted by Crippen LogP contribution is -2.38. The second kappa shape index (κ2) is 6.91. The van der Waals surface area contributed by atoms with Gasteiger partial charge in [0.05, 0.1) is 12.7 Å². The van der Waals surface area contributed by atoms with E-state index in [4.69, 9.17) is 4.74 Å². The molecule has 1 unspecified atom stereocenters. The summed E-state index contributed by atoms with van der Waals surface area (Å²) in [6.07, 6.45) is 0.298. The van der Waals surface area contributed by atoms with E-state index in [1.54, 1.807) is 6.92 Å². The lowest BCUT2D eigenvalue weighted by atomic mass is 9.76. The zero-order valence-corrected chi connectivity index (χ0v) is 12.9. The summed E-state index contributed by atoms with van der Waals surface area (Å²) in [5, 5.41) is 9.81. The first-order chi connectivity index (χ1) is 10.6. The summed E-state index contributed by atoms with van der Waals surface area (Å²) in [6, 6.07) is 19.2. The Morgan fingerprint density at radius 2 is 1.77 bits per heavy atom. The normalized spacial score (nSPS) is 13.0. The Bertz CT molecular complexity index is 671. The predicted molar refractivity (Wildman–Crippen MR) is 85.2 cm³/mol. The van der Waals surface area contributed by atoms with E-state index < -0.39 is 11.4 Å². The minimum atomic E-state index is -1.31. The molecule has 0 radical (unpaired) electrons. The van der Waals surface area contributed by atoms with Crippen LogP contribution in [0.3, 0.4) is 0 Å². The monoisotopic (exact) mass is 293 g/mol. The van der Waals surface area contributed by atoms with Crippen LogP contribution in [0.4, 0.5) is 0 Å². The first kappa shape index (κ1) is 15.8. The van der Waals surface area contributed by atoms with Gasteiger partial charge in [0.15, 0.2) is 5.41 Å². The first-order valence-corrected chi connectivity index (χ1v) is 7.32. The summed E-state index contributed by atoms with van der Waals surface area (Å²) in [5.74, 6) is -0.495. The van der Waals surface area contributed by atoms with Crippen LogP contribution in [-0.2, 0) is 21.4 Å². The Balaban J connectivity index is 2.49. The van der Waals surface area contributed by atoms with Crippen LogP contribution in [0.25, 0.3) is 0 Å². The number of benzene rings is 2. The maximum Gasteiger partial charge on any atom is 0.331 e. The van der Waals surface area contributed by atoms with Gasteiger partial charge in [-0.3, -0.25) is 0 Å². The molecule has 3 heteroatoms. The van der Waals surface area contributed by atoms with Gasteiger partial charge in [-0.2, -0.15) is 5.26 Å². The van der Waals surface area contributed by atoms with Gasteiger partial charge in [0, 0.05) is 6.42 Å². The maximum atomic E-state index is 12.5. The molecule has 0 fully saturated rings. The summed E-state index contributed by atoms with van der Waals surface area (Å²) in [7, 11) is 0. The van der Waals surface area contributed by atoms with Crippen molar-refractivity contribution in [3.05, 3.63) is 71.3 Å². The lowest BCUT2D eigenvalue weighted by Gasteiger charge is -2.25. The first-order valence-electron chi connectivity index (χ1n) is 7.32. The Labute approximate surface area is 131 Å². The fraction of sp³-hybridized carbons (Fsp3) is 0.263. The van der Waals surface area contributed by atoms with Gasteiger partial charge in [0.1, 0.15) is 0 Å². The second-order valence-corrected chi connectivity index (χ2v) is 5.27. The van der Waals surface area contributed by atoms with Crippen LogP contribution in [0.15, 0.2) is 54.6 Å². The molecular weight excluding hydrogens is 274 g/mol. The predicted octanol–water partition coefficient (Wildman–Crippen LogP) is 3.56. The molecule has 0 aromatic heterocycles. The number of nitriles is 1. The number of carbonyl (C=O) groups excluding carboxylic acids is 1. The molecule has 3 nitrogen and oxygen atoms in total. The van der Waals surface area contributed by atoms with Crippen molar-refractivity contribution in [2.75, 3.05) is 6.61 Å². The lowest BCUT2D eigenvalue weighted by molar-refractivity contribution is -0.147. The largest absolute Gasteiger partial charge is 0.465 e. The van der Waals surface area contributed by atoms with Crippen molar-refractivity contribution in [2.24, 2.45) is 0 Å². The van der Waals surface area contributed by atoms with E-state index in [1.165, 1.54) is 0 Å². The van der Waals surface area contributed by atoms with E-state index in [1.807, 2.05) is 61.5 Å². The molecule has 0 spiro atoms. The maximum absolute atomic E-state index is 12.5. The topological polar surface area (TPSA) is 50.1 Å². The minimum absolute atomic E-state index is 0.253. The third-order valence-electron chi connectivity index (χ3n) is 3.67. The molecule has 2 aromatic carbocycles. The zero-order chi connectivity index (χ0) is 16.0. The van der Waals surface area contributed by atoms with Crippen molar-refractivity contribution >= 4 is 5.97 Å². The van der Waals surface area contributed by atoms with E-state index in [0.717, 1.165) is 11.1 Å². The fourth-order valence-corrected chi connectivity index (χ4v) is 2.44. The second-order valence-electron chi connectivity index (χ2n) is 5.27. The van der Waals surface area contributed by atoms with Crippen molar-refractivity contribution in [3.63, 3.8) is 0 Å². The number of ether oxygens (including phenoxy) is 1. The van der Waals surface area contributed by atoms with Crippen molar-refractivity contribution in [2.45, 2.75) is 25.7 Å². The quantitative estimate of drug-likeness (QED) is 0.792. The van der Waals surface area contributed by atoms with Crippen molar-refractivity contribution in [1.29, 1.82) is 5.26 Å². The highest BCUT2D eigenvalue weighted by molar-refractivity contribution is 5.87. The molecule has 0 amide bonds. The van der Waals surface area contributed by atoms with Gasteiger partial charge >= 0.3 is 5.97 Å². The van der Waals surface area contributed by atoms with Crippen LogP contribution in [0.2, 0.25) is 0 Å². The summed E-state index contributed by atoms with van der Waals surface area (Å²) in [6.45, 7) is 3.97. The summed E-state index contributed by atoms with van der Waals surface area (Å²) < 4.78 is 5.19. The van der Waals surface area contributed by atoms with E-state index in [9.17, 15) is 10.1 Å². The Hall–Kier alpha value is -2.60. The standard InChI is InChI=1S/C19H19NO2/c1-3-22-18(21)19(14-20,13-16-7-5-4-6-8-16)17-11-9-15(2)10-12-17/h4-12H,3,13H2,1-2H3. The zero-order valence-electron chi connectivity index (χ0n) is 12.9. The minimum Gasteiger partial charge on any atom is -0.465 e. The van der Waals surface area contributed by atoms with Crippen molar-refractivity contribution < 1.29 is 9.53 Å². The third kappa shape index (κ3) is 3.17. The smallest absolute Gasteiger partial charge is 0.331 e. The molecule has 22 heavy (non-hydrogen) atoms. The van der Waals surface area contributed by atoms with Gasteiger partial charge < -0.3 is 4.74 Å². The van der Waals surface area contributed by atoms with E-state index >= 15 is 0 Å². The number of nitrogens with zero attached hydrogens (tertiary/aromatic N) is 1. The van der Waals surface area contributed by atoms with Gasteiger partial charge in [-0.05, 0) is 25.0 Å². The average Bonchev–Trinajstić information content (AvgIpc) is 2.54. The Kier molecular flexibility index (Phi) is 4.95. The Morgan fingerprint density at radius 1 is 1.14 bits per heavy atom. The third-order valence-corrected chi connectivity index (χ3v) is 3.67. The number of carbonyl (C=O) groups is 1. The molecule has 1 atom stereocenters. The Morgan fingerprint density at radius 3 is 2.32 bits per heavy atom. The number of aryl methyl sites for hydroxylation is 1. The van der Waals surface area contributed by atoms with Crippen LogP contribution in [0.5, 0.6) is 0 Å². The summed E-state index contributed by atoms with van der Waals surface area (Å²) in [5.41, 5.74) is 1.37. The SMILES string of the molecule is CCOC(=O)C(C#N)(Cc1ccccc1)c1ccc(C)cc1. The summed E-state index contributed by atoms with van der Waals surface area (Å²) in [4.78, 5) is 12.5. The van der Waals surface area contributed by atoms with Crippen LogP contribution in [0.1, 0.15) is 23.6 Å². The van der Waals surface area contributed by atoms with E-state index in [2.05, 4.69) is 6.07 Å². The number of hydrogen-bond donors (Lipinski definition) is 0. The molecule has 0 saturated heterocycles. The van der Waals surface area contributed by atoms with E-state index in [0.29, 0.717) is 12.0 Å². The molecule has 2 aromatic rings. The molecule has 0 aliphatic rings. The van der Waals surface area contributed by atoms with Gasteiger partial charge in [0.2, 0.25) is 0 Å². The fourth-order valence-electron chi connectivity index (χ4n) is 2.44. The number of rotatable bonds is 5. The van der Waals surface area contributed by atoms with Crippen molar-refractivity contribution in [1.82, 2.24) is 0 Å². The highest BCUT2D eigenvalue weighted by Crippen LogP contribution is 2.30. The van der Waals surface area contributed by atoms with E-state index in [-0.39, 0.29) is 6.61 Å². The highest BCUT2D eigenvalue weighted by Gasteiger charge is 2.42. The highest BCUT2D eigenvalue weighted by atomic mass is 16.5. The van der Waals surface area contributed by atoms with Crippen LogP contribution in [0, 0.1) is 18.3 Å². The van der Waals surface area contributed by atoms with Gasteiger partial charge in [0.25, 0.3) is 0 Å².